The van der Waals surface area contributed by atoms with Crippen LogP contribution in [-0.2, 0) is 0 Å². The SMILES string of the molecule is COc1c(Br)cc(-c2cc(C(=O)O)on2)c(OC)c1C. The summed E-state index contributed by atoms with van der Waals surface area (Å²) in [6, 6.07) is 3.09. The number of halogens is 1. The molecule has 7 heteroatoms. The van der Waals surface area contributed by atoms with Gasteiger partial charge in [-0.15, -0.1) is 0 Å². The van der Waals surface area contributed by atoms with Crippen LogP contribution in [0.15, 0.2) is 21.1 Å². The Labute approximate surface area is 123 Å². The van der Waals surface area contributed by atoms with Crippen LogP contribution >= 0.6 is 15.9 Å². The molecule has 0 saturated heterocycles. The third-order valence-electron chi connectivity index (χ3n) is 2.82. The minimum absolute atomic E-state index is 0.230. The van der Waals surface area contributed by atoms with Gasteiger partial charge in [-0.3, -0.25) is 0 Å². The second kappa shape index (κ2) is 5.54. The Balaban J connectivity index is 2.63. The summed E-state index contributed by atoms with van der Waals surface area (Å²) in [5.41, 5.74) is 1.78. The van der Waals surface area contributed by atoms with Gasteiger partial charge in [0.05, 0.1) is 18.7 Å². The minimum Gasteiger partial charge on any atom is -0.496 e. The molecule has 2 rings (SSSR count). The minimum atomic E-state index is -1.17. The van der Waals surface area contributed by atoms with E-state index in [1.165, 1.54) is 13.2 Å². The summed E-state index contributed by atoms with van der Waals surface area (Å²) in [6.07, 6.45) is 0. The molecule has 2 aromatic rings. The molecule has 1 aromatic carbocycles. The first-order chi connectivity index (χ1) is 9.49. The van der Waals surface area contributed by atoms with Crippen molar-refractivity contribution in [2.24, 2.45) is 0 Å². The number of carbonyl (C=O) groups is 1. The maximum Gasteiger partial charge on any atom is 0.374 e. The van der Waals surface area contributed by atoms with Gasteiger partial charge in [0.2, 0.25) is 5.76 Å². The van der Waals surface area contributed by atoms with Crippen LogP contribution in [0.25, 0.3) is 11.3 Å². The topological polar surface area (TPSA) is 81.8 Å². The summed E-state index contributed by atoms with van der Waals surface area (Å²) in [7, 11) is 3.09. The first kappa shape index (κ1) is 14.4. The first-order valence-corrected chi connectivity index (χ1v) is 6.40. The fraction of sp³-hybridized carbons (Fsp3) is 0.231. The maximum atomic E-state index is 10.8. The van der Waals surface area contributed by atoms with Gasteiger partial charge in [0.15, 0.2) is 0 Å². The Morgan fingerprint density at radius 3 is 2.45 bits per heavy atom. The molecule has 0 bridgehead atoms. The van der Waals surface area contributed by atoms with Crippen molar-refractivity contribution in [3.8, 4) is 22.8 Å². The summed E-state index contributed by atoms with van der Waals surface area (Å²) >= 11 is 3.40. The summed E-state index contributed by atoms with van der Waals surface area (Å²) in [5.74, 6) is -0.207. The highest BCUT2D eigenvalue weighted by molar-refractivity contribution is 9.10. The highest BCUT2D eigenvalue weighted by Gasteiger charge is 2.20. The van der Waals surface area contributed by atoms with Crippen LogP contribution in [0, 0.1) is 6.92 Å². The number of hydrogen-bond donors (Lipinski definition) is 1. The Bertz CT molecular complexity index is 665. The molecule has 0 amide bonds. The number of carboxylic acids is 1. The lowest BCUT2D eigenvalue weighted by Gasteiger charge is -2.14. The summed E-state index contributed by atoms with van der Waals surface area (Å²) in [4.78, 5) is 10.8. The lowest BCUT2D eigenvalue weighted by molar-refractivity contribution is 0.0652. The van der Waals surface area contributed by atoms with Crippen LogP contribution < -0.4 is 9.47 Å². The number of aromatic carboxylic acids is 1. The lowest BCUT2D eigenvalue weighted by Crippen LogP contribution is -1.96. The molecule has 0 saturated carbocycles. The zero-order chi connectivity index (χ0) is 14.9. The van der Waals surface area contributed by atoms with Crippen LogP contribution in [0.5, 0.6) is 11.5 Å². The number of aromatic nitrogens is 1. The molecule has 0 radical (unpaired) electrons. The largest absolute Gasteiger partial charge is 0.496 e. The van der Waals surface area contributed by atoms with E-state index in [4.69, 9.17) is 19.1 Å². The monoisotopic (exact) mass is 341 g/mol. The van der Waals surface area contributed by atoms with Crippen molar-refractivity contribution >= 4 is 21.9 Å². The van der Waals surface area contributed by atoms with Gasteiger partial charge in [-0.1, -0.05) is 5.16 Å². The summed E-state index contributed by atoms with van der Waals surface area (Å²) in [5, 5.41) is 12.6. The van der Waals surface area contributed by atoms with Crippen molar-refractivity contribution in [3.63, 3.8) is 0 Å². The predicted molar refractivity (Wildman–Crippen MR) is 74.4 cm³/mol. The second-order valence-electron chi connectivity index (χ2n) is 3.98. The number of benzene rings is 1. The zero-order valence-electron chi connectivity index (χ0n) is 11.1. The average molecular weight is 342 g/mol. The summed E-state index contributed by atoms with van der Waals surface area (Å²) < 4.78 is 16.1. The number of rotatable bonds is 4. The standard InChI is InChI=1S/C13H12BrNO5/c1-6-11(18-2)7(4-8(14)12(6)19-3)9-5-10(13(16)17)20-15-9/h4-5H,1-3H3,(H,16,17). The Hall–Kier alpha value is -2.02. The quantitative estimate of drug-likeness (QED) is 0.919. The van der Waals surface area contributed by atoms with E-state index >= 15 is 0 Å². The highest BCUT2D eigenvalue weighted by Crippen LogP contribution is 2.42. The van der Waals surface area contributed by atoms with Crippen molar-refractivity contribution in [1.29, 1.82) is 0 Å². The molecule has 0 aliphatic carbocycles. The van der Waals surface area contributed by atoms with Crippen molar-refractivity contribution in [3.05, 3.63) is 27.9 Å². The number of methoxy groups -OCH3 is 2. The number of nitrogens with zero attached hydrogens (tertiary/aromatic N) is 1. The lowest BCUT2D eigenvalue weighted by atomic mass is 10.1. The molecule has 1 aromatic heterocycles. The number of hydrogen-bond acceptors (Lipinski definition) is 5. The molecule has 0 fully saturated rings. The molecule has 0 aliphatic heterocycles. The molecule has 1 heterocycles. The Morgan fingerprint density at radius 1 is 1.30 bits per heavy atom. The molecule has 1 N–H and O–H groups in total. The molecule has 0 unspecified atom stereocenters. The van der Waals surface area contributed by atoms with Gasteiger partial charge in [-0.2, -0.15) is 0 Å². The molecular formula is C13H12BrNO5. The van der Waals surface area contributed by atoms with Gasteiger partial charge in [0.1, 0.15) is 17.2 Å². The van der Waals surface area contributed by atoms with E-state index in [0.29, 0.717) is 27.2 Å². The van der Waals surface area contributed by atoms with Gasteiger partial charge >= 0.3 is 5.97 Å². The van der Waals surface area contributed by atoms with Crippen molar-refractivity contribution < 1.29 is 23.9 Å². The van der Waals surface area contributed by atoms with Crippen molar-refractivity contribution in [2.45, 2.75) is 6.92 Å². The first-order valence-electron chi connectivity index (χ1n) is 5.61. The van der Waals surface area contributed by atoms with E-state index in [1.54, 1.807) is 13.2 Å². The molecule has 0 atom stereocenters. The third kappa shape index (κ3) is 2.36. The smallest absolute Gasteiger partial charge is 0.374 e. The molecule has 0 aliphatic rings. The van der Waals surface area contributed by atoms with E-state index < -0.39 is 5.97 Å². The van der Waals surface area contributed by atoms with E-state index in [2.05, 4.69) is 21.1 Å². The molecule has 106 valence electrons. The fourth-order valence-corrected chi connectivity index (χ4v) is 2.64. The van der Waals surface area contributed by atoms with E-state index in [0.717, 1.165) is 5.56 Å². The molecular weight excluding hydrogens is 330 g/mol. The molecule has 20 heavy (non-hydrogen) atoms. The van der Waals surface area contributed by atoms with Gasteiger partial charge < -0.3 is 19.1 Å². The van der Waals surface area contributed by atoms with Gasteiger partial charge in [-0.05, 0) is 28.9 Å². The van der Waals surface area contributed by atoms with Gasteiger partial charge in [0.25, 0.3) is 0 Å². The normalized spacial score (nSPS) is 10.4. The van der Waals surface area contributed by atoms with Crippen molar-refractivity contribution in [1.82, 2.24) is 5.16 Å². The zero-order valence-corrected chi connectivity index (χ0v) is 12.6. The van der Waals surface area contributed by atoms with E-state index in [9.17, 15) is 4.79 Å². The maximum absolute atomic E-state index is 10.8. The summed E-state index contributed by atoms with van der Waals surface area (Å²) in [6.45, 7) is 1.84. The van der Waals surface area contributed by atoms with Crippen LogP contribution in [0.1, 0.15) is 16.1 Å². The predicted octanol–water partition coefficient (Wildman–Crippen LogP) is 3.13. The Kier molecular flexibility index (Phi) is 3.99. The highest BCUT2D eigenvalue weighted by atomic mass is 79.9. The van der Waals surface area contributed by atoms with E-state index in [1.807, 2.05) is 6.92 Å². The average Bonchev–Trinajstić information content (AvgIpc) is 2.88. The van der Waals surface area contributed by atoms with Crippen LogP contribution in [-0.4, -0.2) is 30.5 Å². The number of carboxylic acid groups (broad SMARTS) is 1. The fourth-order valence-electron chi connectivity index (χ4n) is 1.95. The van der Waals surface area contributed by atoms with E-state index in [-0.39, 0.29) is 5.76 Å². The third-order valence-corrected chi connectivity index (χ3v) is 3.41. The molecule has 0 spiro atoms. The molecule has 6 nitrogen and oxygen atoms in total. The van der Waals surface area contributed by atoms with Crippen LogP contribution in [0.2, 0.25) is 0 Å². The number of ether oxygens (including phenoxy) is 2. The van der Waals surface area contributed by atoms with Crippen LogP contribution in [0.4, 0.5) is 0 Å². The second-order valence-corrected chi connectivity index (χ2v) is 4.83. The Morgan fingerprint density at radius 2 is 1.95 bits per heavy atom. The van der Waals surface area contributed by atoms with Gasteiger partial charge in [-0.25, -0.2) is 4.79 Å². The van der Waals surface area contributed by atoms with Crippen LogP contribution in [0.3, 0.4) is 0 Å². The van der Waals surface area contributed by atoms with Gasteiger partial charge in [0, 0.05) is 17.2 Å². The van der Waals surface area contributed by atoms with Crippen molar-refractivity contribution in [2.75, 3.05) is 14.2 Å².